The highest BCUT2D eigenvalue weighted by atomic mass is 35.5. The first-order valence-electron chi connectivity index (χ1n) is 6.30. The molecule has 3 heteroatoms. The first-order chi connectivity index (χ1) is 8.16. The van der Waals surface area contributed by atoms with E-state index in [4.69, 9.17) is 16.3 Å². The average molecular weight is 254 g/mol. The van der Waals surface area contributed by atoms with Crippen molar-refractivity contribution in [1.29, 1.82) is 0 Å². The molecule has 1 N–H and O–H groups in total. The fourth-order valence-electron chi connectivity index (χ4n) is 2.17. The fourth-order valence-corrected chi connectivity index (χ4v) is 2.35. The van der Waals surface area contributed by atoms with Crippen LogP contribution in [0, 0.1) is 5.92 Å². The molecule has 0 saturated carbocycles. The van der Waals surface area contributed by atoms with Crippen molar-refractivity contribution in [3.63, 3.8) is 0 Å². The maximum Gasteiger partial charge on any atom is 0.122 e. The first kappa shape index (κ1) is 12.7. The summed E-state index contributed by atoms with van der Waals surface area (Å²) >= 11 is 6.02. The van der Waals surface area contributed by atoms with Crippen LogP contribution < -0.4 is 10.1 Å². The van der Waals surface area contributed by atoms with Gasteiger partial charge in [-0.3, -0.25) is 0 Å². The van der Waals surface area contributed by atoms with Crippen molar-refractivity contribution in [2.75, 3.05) is 19.7 Å². The second-order valence-corrected chi connectivity index (χ2v) is 5.44. The smallest absolute Gasteiger partial charge is 0.122 e. The normalized spacial score (nSPS) is 19.9. The van der Waals surface area contributed by atoms with Crippen molar-refractivity contribution in [3.05, 3.63) is 28.8 Å². The molecule has 2 rings (SSSR count). The summed E-state index contributed by atoms with van der Waals surface area (Å²) in [6.07, 6.45) is 1.21. The maximum atomic E-state index is 6.02. The highest BCUT2D eigenvalue weighted by Gasteiger charge is 2.16. The predicted octanol–water partition coefficient (Wildman–Crippen LogP) is 3.45. The Morgan fingerprint density at radius 3 is 2.94 bits per heavy atom. The molecule has 0 aliphatic carbocycles. The summed E-state index contributed by atoms with van der Waals surface area (Å²) in [4.78, 5) is 0. The molecule has 1 aliphatic rings. The summed E-state index contributed by atoms with van der Waals surface area (Å²) in [6.45, 7) is 7.32. The van der Waals surface area contributed by atoms with Crippen molar-refractivity contribution < 1.29 is 4.74 Å². The van der Waals surface area contributed by atoms with Gasteiger partial charge in [-0.25, -0.2) is 0 Å². The molecule has 1 atom stereocenters. The van der Waals surface area contributed by atoms with Crippen LogP contribution in [0.4, 0.5) is 0 Å². The summed E-state index contributed by atoms with van der Waals surface area (Å²) in [5.74, 6) is 2.06. The topological polar surface area (TPSA) is 21.3 Å². The zero-order valence-electron chi connectivity index (χ0n) is 10.5. The van der Waals surface area contributed by atoms with E-state index < -0.39 is 0 Å². The van der Waals surface area contributed by atoms with E-state index in [1.54, 1.807) is 0 Å². The lowest BCUT2D eigenvalue weighted by atomic mass is 10.0. The summed E-state index contributed by atoms with van der Waals surface area (Å²) in [7, 11) is 0. The molecule has 1 aromatic carbocycles. The maximum absolute atomic E-state index is 6.02. The molecule has 1 saturated heterocycles. The number of halogens is 1. The standard InChI is InChI=1S/C14H20ClNO/c1-10(2)13-7-12(15)3-4-14(13)17-9-11-5-6-16-8-11/h3-4,7,10-11,16H,5-6,8-9H2,1-2H3/t11-/m0/s1. The van der Waals surface area contributed by atoms with Gasteiger partial charge in [-0.1, -0.05) is 25.4 Å². The monoisotopic (exact) mass is 253 g/mol. The zero-order valence-corrected chi connectivity index (χ0v) is 11.3. The lowest BCUT2D eigenvalue weighted by molar-refractivity contribution is 0.257. The highest BCUT2D eigenvalue weighted by Crippen LogP contribution is 2.29. The number of rotatable bonds is 4. The van der Waals surface area contributed by atoms with E-state index in [0.717, 1.165) is 30.5 Å². The molecule has 0 amide bonds. The molecular formula is C14H20ClNO. The molecule has 0 unspecified atom stereocenters. The largest absolute Gasteiger partial charge is 0.493 e. The Morgan fingerprint density at radius 2 is 2.29 bits per heavy atom. The van der Waals surface area contributed by atoms with Gasteiger partial charge in [0.1, 0.15) is 5.75 Å². The molecule has 1 fully saturated rings. The Morgan fingerprint density at radius 1 is 1.47 bits per heavy atom. The molecule has 0 spiro atoms. The number of nitrogens with one attached hydrogen (secondary N) is 1. The Balaban J connectivity index is 2.03. The molecule has 1 aromatic rings. The fraction of sp³-hybridized carbons (Fsp3) is 0.571. The van der Waals surface area contributed by atoms with Crippen molar-refractivity contribution in [2.24, 2.45) is 5.92 Å². The van der Waals surface area contributed by atoms with Crippen LogP contribution in [0.15, 0.2) is 18.2 Å². The van der Waals surface area contributed by atoms with Crippen molar-refractivity contribution >= 4 is 11.6 Å². The van der Waals surface area contributed by atoms with Gasteiger partial charge in [0, 0.05) is 17.5 Å². The number of hydrogen-bond donors (Lipinski definition) is 1. The summed E-state index contributed by atoms with van der Waals surface area (Å²) in [5.41, 5.74) is 1.20. The van der Waals surface area contributed by atoms with E-state index in [1.807, 2.05) is 18.2 Å². The third-order valence-electron chi connectivity index (χ3n) is 3.23. The quantitative estimate of drug-likeness (QED) is 0.888. The zero-order chi connectivity index (χ0) is 12.3. The van der Waals surface area contributed by atoms with Gasteiger partial charge in [-0.05, 0) is 42.6 Å². The van der Waals surface area contributed by atoms with Crippen molar-refractivity contribution in [1.82, 2.24) is 5.32 Å². The van der Waals surface area contributed by atoms with Crippen LogP contribution in [0.2, 0.25) is 5.02 Å². The molecule has 1 heterocycles. The molecule has 1 aliphatic heterocycles. The van der Waals surface area contributed by atoms with Gasteiger partial charge in [-0.2, -0.15) is 0 Å². The predicted molar refractivity (Wildman–Crippen MR) is 72.0 cm³/mol. The van der Waals surface area contributed by atoms with E-state index in [1.165, 1.54) is 12.0 Å². The minimum atomic E-state index is 0.436. The molecule has 94 valence electrons. The minimum absolute atomic E-state index is 0.436. The van der Waals surface area contributed by atoms with Gasteiger partial charge in [0.2, 0.25) is 0 Å². The van der Waals surface area contributed by atoms with Gasteiger partial charge in [0.15, 0.2) is 0 Å². The first-order valence-corrected chi connectivity index (χ1v) is 6.67. The SMILES string of the molecule is CC(C)c1cc(Cl)ccc1OC[C@H]1CCNC1. The Bertz CT molecular complexity index is 372. The molecule has 0 aromatic heterocycles. The van der Waals surface area contributed by atoms with Crippen LogP contribution in [-0.2, 0) is 0 Å². The molecule has 17 heavy (non-hydrogen) atoms. The summed E-state index contributed by atoms with van der Waals surface area (Å²) in [5, 5.41) is 4.14. The van der Waals surface area contributed by atoms with Crippen LogP contribution in [0.25, 0.3) is 0 Å². The van der Waals surface area contributed by atoms with Crippen molar-refractivity contribution in [2.45, 2.75) is 26.2 Å². The van der Waals surface area contributed by atoms with Gasteiger partial charge in [0.25, 0.3) is 0 Å². The Labute approximate surface area is 108 Å². The van der Waals surface area contributed by atoms with E-state index in [0.29, 0.717) is 11.8 Å². The van der Waals surface area contributed by atoms with E-state index in [-0.39, 0.29) is 0 Å². The lowest BCUT2D eigenvalue weighted by Gasteiger charge is -2.16. The van der Waals surface area contributed by atoms with E-state index >= 15 is 0 Å². The second kappa shape index (κ2) is 5.74. The van der Waals surface area contributed by atoms with Crippen LogP contribution in [0.1, 0.15) is 31.7 Å². The van der Waals surface area contributed by atoms with E-state index in [2.05, 4.69) is 19.2 Å². The van der Waals surface area contributed by atoms with Crippen molar-refractivity contribution in [3.8, 4) is 5.75 Å². The summed E-state index contributed by atoms with van der Waals surface area (Å²) < 4.78 is 5.94. The Hall–Kier alpha value is -0.730. The van der Waals surface area contributed by atoms with Crippen LogP contribution in [0.5, 0.6) is 5.75 Å². The minimum Gasteiger partial charge on any atom is -0.493 e. The molecule has 0 radical (unpaired) electrons. The third-order valence-corrected chi connectivity index (χ3v) is 3.47. The van der Waals surface area contributed by atoms with Crippen LogP contribution in [-0.4, -0.2) is 19.7 Å². The van der Waals surface area contributed by atoms with Gasteiger partial charge in [-0.15, -0.1) is 0 Å². The van der Waals surface area contributed by atoms with Gasteiger partial charge in [0.05, 0.1) is 6.61 Å². The Kier molecular flexibility index (Phi) is 4.30. The lowest BCUT2D eigenvalue weighted by Crippen LogP contribution is -2.16. The second-order valence-electron chi connectivity index (χ2n) is 5.01. The molecular weight excluding hydrogens is 234 g/mol. The van der Waals surface area contributed by atoms with Crippen LogP contribution >= 0.6 is 11.6 Å². The van der Waals surface area contributed by atoms with E-state index in [9.17, 15) is 0 Å². The third kappa shape index (κ3) is 3.36. The van der Waals surface area contributed by atoms with Gasteiger partial charge < -0.3 is 10.1 Å². The molecule has 0 bridgehead atoms. The van der Waals surface area contributed by atoms with Crippen LogP contribution in [0.3, 0.4) is 0 Å². The number of benzene rings is 1. The number of hydrogen-bond acceptors (Lipinski definition) is 2. The number of ether oxygens (including phenoxy) is 1. The van der Waals surface area contributed by atoms with Gasteiger partial charge >= 0.3 is 0 Å². The average Bonchev–Trinajstić information content (AvgIpc) is 2.80. The highest BCUT2D eigenvalue weighted by molar-refractivity contribution is 6.30. The molecule has 2 nitrogen and oxygen atoms in total. The summed E-state index contributed by atoms with van der Waals surface area (Å²) in [6, 6.07) is 5.89.